The third kappa shape index (κ3) is 5.44. The van der Waals surface area contributed by atoms with Crippen molar-refractivity contribution in [3.63, 3.8) is 0 Å². The molecule has 0 aliphatic heterocycles. The maximum absolute atomic E-state index is 5.90. The van der Waals surface area contributed by atoms with Gasteiger partial charge in [-0.2, -0.15) is 5.10 Å². The molecule has 0 aromatic carbocycles. The summed E-state index contributed by atoms with van der Waals surface area (Å²) in [6, 6.07) is 0. The van der Waals surface area contributed by atoms with E-state index in [2.05, 4.69) is 57.7 Å². The second-order valence-electron chi connectivity index (χ2n) is 8.01. The molecule has 0 fully saturated rings. The van der Waals surface area contributed by atoms with Crippen LogP contribution < -0.4 is 5.73 Å². The second-order valence-corrected chi connectivity index (χ2v) is 8.01. The summed E-state index contributed by atoms with van der Waals surface area (Å²) in [5.41, 5.74) is 8.68. The Morgan fingerprint density at radius 1 is 1.24 bits per heavy atom. The Morgan fingerprint density at radius 2 is 1.86 bits per heavy atom. The Hall–Kier alpha value is -0.870. The molecule has 1 rings (SSSR count). The van der Waals surface area contributed by atoms with Crippen molar-refractivity contribution >= 4 is 0 Å². The van der Waals surface area contributed by atoms with Crippen LogP contribution in [0.3, 0.4) is 0 Å². The monoisotopic (exact) mass is 294 g/mol. The summed E-state index contributed by atoms with van der Waals surface area (Å²) < 4.78 is 1.94. The van der Waals surface area contributed by atoms with E-state index in [0.717, 1.165) is 26.1 Å². The molecule has 0 saturated heterocycles. The minimum Gasteiger partial charge on any atom is -0.330 e. The minimum atomic E-state index is 0.0812. The smallest absolute Gasteiger partial charge is 0.0722 e. The SMILES string of the molecule is CCCN(Cc1cn(C)nc1C(C)(C)C)CC(C)(C)CN. The number of hydrogen-bond acceptors (Lipinski definition) is 3. The Bertz CT molecular complexity index is 440. The van der Waals surface area contributed by atoms with Crippen LogP contribution in [0.2, 0.25) is 0 Å². The highest BCUT2D eigenvalue weighted by Crippen LogP contribution is 2.26. The van der Waals surface area contributed by atoms with E-state index in [-0.39, 0.29) is 10.8 Å². The number of nitrogens with zero attached hydrogens (tertiary/aromatic N) is 3. The zero-order valence-electron chi connectivity index (χ0n) is 15.0. The van der Waals surface area contributed by atoms with Gasteiger partial charge in [0.1, 0.15) is 0 Å². The fraction of sp³-hybridized carbons (Fsp3) is 0.824. The minimum absolute atomic E-state index is 0.0812. The zero-order chi connectivity index (χ0) is 16.3. The first-order valence-electron chi connectivity index (χ1n) is 8.04. The van der Waals surface area contributed by atoms with Gasteiger partial charge >= 0.3 is 0 Å². The Morgan fingerprint density at radius 3 is 2.33 bits per heavy atom. The molecule has 0 atom stereocenters. The van der Waals surface area contributed by atoms with Crippen molar-refractivity contribution in [2.24, 2.45) is 18.2 Å². The van der Waals surface area contributed by atoms with Crippen LogP contribution in [0.4, 0.5) is 0 Å². The van der Waals surface area contributed by atoms with Crippen LogP contribution in [0.5, 0.6) is 0 Å². The lowest BCUT2D eigenvalue weighted by Crippen LogP contribution is -2.39. The lowest BCUT2D eigenvalue weighted by Gasteiger charge is -2.32. The number of nitrogens with two attached hydrogens (primary N) is 1. The van der Waals surface area contributed by atoms with Crippen LogP contribution in [-0.4, -0.2) is 34.3 Å². The fourth-order valence-electron chi connectivity index (χ4n) is 2.73. The normalized spacial score (nSPS) is 13.2. The fourth-order valence-corrected chi connectivity index (χ4v) is 2.73. The molecular formula is C17H34N4. The molecule has 0 spiro atoms. The van der Waals surface area contributed by atoms with Gasteiger partial charge in [0, 0.05) is 37.3 Å². The van der Waals surface area contributed by atoms with Crippen LogP contribution >= 0.6 is 0 Å². The lowest BCUT2D eigenvalue weighted by atomic mass is 9.89. The highest BCUT2D eigenvalue weighted by atomic mass is 15.3. The molecule has 1 heterocycles. The molecule has 0 amide bonds. The Kier molecular flexibility index (Phi) is 6.00. The van der Waals surface area contributed by atoms with Crippen molar-refractivity contribution in [3.05, 3.63) is 17.5 Å². The van der Waals surface area contributed by atoms with Crippen molar-refractivity contribution < 1.29 is 0 Å². The molecule has 0 aliphatic carbocycles. The summed E-state index contributed by atoms with van der Waals surface area (Å²) in [6.45, 7) is 17.2. The second kappa shape index (κ2) is 6.93. The molecule has 4 heteroatoms. The van der Waals surface area contributed by atoms with Gasteiger partial charge in [0.05, 0.1) is 5.69 Å². The average molecular weight is 294 g/mol. The van der Waals surface area contributed by atoms with E-state index < -0.39 is 0 Å². The molecule has 0 saturated carbocycles. The first-order valence-corrected chi connectivity index (χ1v) is 8.04. The molecule has 122 valence electrons. The van der Waals surface area contributed by atoms with Crippen LogP contribution in [0.1, 0.15) is 59.2 Å². The van der Waals surface area contributed by atoms with Crippen LogP contribution in [0.25, 0.3) is 0 Å². The van der Waals surface area contributed by atoms with Crippen molar-refractivity contribution in [2.75, 3.05) is 19.6 Å². The Labute approximate surface area is 130 Å². The van der Waals surface area contributed by atoms with Gasteiger partial charge in [0.15, 0.2) is 0 Å². The standard InChI is InChI=1S/C17H34N4/c1-8-9-21(13-17(5,6)12-18)11-14-10-20(7)19-15(14)16(2,3)4/h10H,8-9,11-13,18H2,1-7H3. The zero-order valence-corrected chi connectivity index (χ0v) is 15.0. The summed E-state index contributed by atoms with van der Waals surface area (Å²) in [5, 5.41) is 4.68. The number of aryl methyl sites for hydroxylation is 1. The summed E-state index contributed by atoms with van der Waals surface area (Å²) >= 11 is 0. The van der Waals surface area contributed by atoms with Crippen molar-refractivity contribution in [1.82, 2.24) is 14.7 Å². The van der Waals surface area contributed by atoms with E-state index in [0.29, 0.717) is 6.54 Å². The van der Waals surface area contributed by atoms with Gasteiger partial charge in [-0.15, -0.1) is 0 Å². The van der Waals surface area contributed by atoms with Gasteiger partial charge in [-0.05, 0) is 24.9 Å². The van der Waals surface area contributed by atoms with E-state index in [1.165, 1.54) is 11.3 Å². The maximum atomic E-state index is 5.90. The largest absolute Gasteiger partial charge is 0.330 e. The van der Waals surface area contributed by atoms with E-state index in [9.17, 15) is 0 Å². The molecule has 2 N–H and O–H groups in total. The summed E-state index contributed by atoms with van der Waals surface area (Å²) in [5.74, 6) is 0. The quantitative estimate of drug-likeness (QED) is 0.841. The highest BCUT2D eigenvalue weighted by molar-refractivity contribution is 5.24. The van der Waals surface area contributed by atoms with E-state index in [1.54, 1.807) is 0 Å². The van der Waals surface area contributed by atoms with Gasteiger partial charge in [-0.1, -0.05) is 41.5 Å². The molecule has 0 radical (unpaired) electrons. The van der Waals surface area contributed by atoms with E-state index in [4.69, 9.17) is 5.73 Å². The summed E-state index contributed by atoms with van der Waals surface area (Å²) in [4.78, 5) is 2.51. The van der Waals surface area contributed by atoms with Gasteiger partial charge in [0.2, 0.25) is 0 Å². The number of hydrogen-bond donors (Lipinski definition) is 1. The molecule has 0 bridgehead atoms. The van der Waals surface area contributed by atoms with Crippen LogP contribution in [-0.2, 0) is 19.0 Å². The number of aromatic nitrogens is 2. The van der Waals surface area contributed by atoms with E-state index >= 15 is 0 Å². The molecule has 0 aliphatic rings. The first-order chi connectivity index (χ1) is 9.59. The van der Waals surface area contributed by atoms with Crippen molar-refractivity contribution in [3.8, 4) is 0 Å². The van der Waals surface area contributed by atoms with Gasteiger partial charge in [-0.25, -0.2) is 0 Å². The first kappa shape index (κ1) is 18.2. The van der Waals surface area contributed by atoms with E-state index in [1.807, 2.05) is 11.7 Å². The average Bonchev–Trinajstić information content (AvgIpc) is 2.70. The Balaban J connectivity index is 2.94. The maximum Gasteiger partial charge on any atom is 0.0722 e. The third-order valence-electron chi connectivity index (χ3n) is 3.75. The molecule has 21 heavy (non-hydrogen) atoms. The number of rotatable bonds is 7. The summed E-state index contributed by atoms with van der Waals surface area (Å²) in [7, 11) is 2.01. The topological polar surface area (TPSA) is 47.1 Å². The van der Waals surface area contributed by atoms with Crippen LogP contribution in [0, 0.1) is 5.41 Å². The molecule has 1 aromatic rings. The van der Waals surface area contributed by atoms with Gasteiger partial charge in [-0.3, -0.25) is 9.58 Å². The molecule has 0 unspecified atom stereocenters. The lowest BCUT2D eigenvalue weighted by molar-refractivity contribution is 0.175. The predicted molar refractivity (Wildman–Crippen MR) is 90.3 cm³/mol. The van der Waals surface area contributed by atoms with Crippen molar-refractivity contribution in [1.29, 1.82) is 0 Å². The highest BCUT2D eigenvalue weighted by Gasteiger charge is 2.25. The third-order valence-corrected chi connectivity index (χ3v) is 3.75. The molecular weight excluding hydrogens is 260 g/mol. The van der Waals surface area contributed by atoms with Crippen molar-refractivity contribution in [2.45, 2.75) is 59.9 Å². The van der Waals surface area contributed by atoms with Gasteiger partial charge in [0.25, 0.3) is 0 Å². The van der Waals surface area contributed by atoms with Gasteiger partial charge < -0.3 is 5.73 Å². The van der Waals surface area contributed by atoms with Crippen LogP contribution in [0.15, 0.2) is 6.20 Å². The molecule has 1 aromatic heterocycles. The molecule has 4 nitrogen and oxygen atoms in total. The predicted octanol–water partition coefficient (Wildman–Crippen LogP) is 2.91. The summed E-state index contributed by atoms with van der Waals surface area (Å²) in [6.07, 6.45) is 3.32.